The van der Waals surface area contributed by atoms with Crippen LogP contribution in [0.25, 0.3) is 0 Å². The number of nitro groups is 1. The van der Waals surface area contributed by atoms with E-state index < -0.39 is 11.0 Å². The summed E-state index contributed by atoms with van der Waals surface area (Å²) in [7, 11) is 0. The molecule has 0 fully saturated rings. The molecular formula is C2H4N2O4. The van der Waals surface area contributed by atoms with Crippen molar-refractivity contribution in [3.05, 3.63) is 10.1 Å². The Balaban J connectivity index is 3.18. The molecule has 0 aromatic heterocycles. The monoisotopic (exact) mass is 120 g/mol. The van der Waals surface area contributed by atoms with Gasteiger partial charge in [0.2, 0.25) is 0 Å². The fraction of sp³-hybridized carbons (Fsp3) is 0.500. The molecule has 0 saturated carbocycles. The highest BCUT2D eigenvalue weighted by Crippen LogP contribution is 1.65. The van der Waals surface area contributed by atoms with E-state index in [2.05, 4.69) is 4.84 Å². The van der Waals surface area contributed by atoms with Crippen molar-refractivity contribution in [3.63, 3.8) is 0 Å². The molecule has 8 heavy (non-hydrogen) atoms. The summed E-state index contributed by atoms with van der Waals surface area (Å²) in [6, 6.07) is 0. The predicted molar refractivity (Wildman–Crippen MR) is 21.9 cm³/mol. The topological polar surface area (TPSA) is 81.5 Å². The quantitative estimate of drug-likeness (QED) is 0.382. The van der Waals surface area contributed by atoms with Crippen molar-refractivity contribution in [1.82, 2.24) is 5.59 Å². The van der Waals surface area contributed by atoms with Crippen LogP contribution in [0.15, 0.2) is 0 Å². The van der Waals surface area contributed by atoms with Gasteiger partial charge in [-0.25, -0.2) is 14.9 Å². The van der Waals surface area contributed by atoms with E-state index in [9.17, 15) is 14.9 Å². The first-order valence-electron chi connectivity index (χ1n) is 1.70. The van der Waals surface area contributed by atoms with Gasteiger partial charge in [-0.05, 0) is 0 Å². The van der Waals surface area contributed by atoms with Crippen LogP contribution in [0.4, 0.5) is 0 Å². The second-order valence-corrected chi connectivity index (χ2v) is 0.942. The van der Waals surface area contributed by atoms with Gasteiger partial charge in [0.1, 0.15) is 0 Å². The molecule has 0 aromatic rings. The van der Waals surface area contributed by atoms with Crippen LogP contribution in [-0.2, 0) is 9.63 Å². The molecule has 0 radical (unpaired) electrons. The number of hydrogen-bond acceptors (Lipinski definition) is 4. The van der Waals surface area contributed by atoms with Crippen molar-refractivity contribution >= 4 is 5.97 Å². The van der Waals surface area contributed by atoms with Crippen LogP contribution in [0, 0.1) is 10.1 Å². The van der Waals surface area contributed by atoms with Crippen molar-refractivity contribution in [2.24, 2.45) is 0 Å². The Morgan fingerprint density at radius 2 is 2.38 bits per heavy atom. The van der Waals surface area contributed by atoms with E-state index in [1.165, 1.54) is 5.59 Å². The Labute approximate surface area is 44.5 Å². The summed E-state index contributed by atoms with van der Waals surface area (Å²) in [5.41, 5.74) is 1.22. The third-order valence-electron chi connectivity index (χ3n) is 0.264. The first kappa shape index (κ1) is 6.67. The van der Waals surface area contributed by atoms with E-state index >= 15 is 0 Å². The fourth-order valence-corrected chi connectivity index (χ4v) is 0.102. The molecule has 0 aliphatic heterocycles. The molecule has 46 valence electrons. The number of nitrogens with one attached hydrogen (secondary N) is 1. The molecule has 0 bridgehead atoms. The second kappa shape index (κ2) is 2.78. The van der Waals surface area contributed by atoms with Crippen molar-refractivity contribution in [1.29, 1.82) is 0 Å². The van der Waals surface area contributed by atoms with Gasteiger partial charge >= 0.3 is 5.97 Å². The number of nitrogens with zero attached hydrogens (tertiary/aromatic N) is 1. The van der Waals surface area contributed by atoms with Gasteiger partial charge in [0, 0.05) is 12.5 Å². The van der Waals surface area contributed by atoms with E-state index in [0.717, 1.165) is 6.92 Å². The predicted octanol–water partition coefficient (Wildman–Crippen LogP) is -0.754. The van der Waals surface area contributed by atoms with E-state index in [1.807, 2.05) is 0 Å². The maximum Gasteiger partial charge on any atom is 0.335 e. The lowest BCUT2D eigenvalue weighted by atomic mass is 10.8. The van der Waals surface area contributed by atoms with Gasteiger partial charge in [-0.1, -0.05) is 0 Å². The van der Waals surface area contributed by atoms with Crippen LogP contribution in [0.1, 0.15) is 6.92 Å². The zero-order chi connectivity index (χ0) is 6.57. The lowest BCUT2D eigenvalue weighted by Crippen LogP contribution is -2.23. The van der Waals surface area contributed by atoms with E-state index in [-0.39, 0.29) is 0 Å². The number of hydrazine groups is 1. The molecule has 0 atom stereocenters. The number of carbonyl (C=O) groups is 1. The summed E-state index contributed by atoms with van der Waals surface area (Å²) in [5, 5.41) is 8.35. The van der Waals surface area contributed by atoms with Crippen molar-refractivity contribution in [2.75, 3.05) is 0 Å². The molecule has 6 heteroatoms. The Morgan fingerprint density at radius 3 is 2.50 bits per heavy atom. The zero-order valence-corrected chi connectivity index (χ0v) is 4.08. The summed E-state index contributed by atoms with van der Waals surface area (Å²) in [6.45, 7) is 1.05. The average molecular weight is 120 g/mol. The van der Waals surface area contributed by atoms with Gasteiger partial charge in [-0.15, -0.1) is 0 Å². The lowest BCUT2D eigenvalue weighted by molar-refractivity contribution is -0.597. The van der Waals surface area contributed by atoms with Gasteiger partial charge < -0.3 is 0 Å². The van der Waals surface area contributed by atoms with Crippen LogP contribution in [0.5, 0.6) is 0 Å². The maximum atomic E-state index is 9.76. The number of hydrogen-bond donors (Lipinski definition) is 1. The lowest BCUT2D eigenvalue weighted by Gasteiger charge is -1.90. The molecule has 0 heterocycles. The number of carbonyl (C=O) groups excluding carboxylic acids is 1. The van der Waals surface area contributed by atoms with Crippen LogP contribution in [0.3, 0.4) is 0 Å². The fourth-order valence-electron chi connectivity index (χ4n) is 0.102. The highest BCUT2D eigenvalue weighted by molar-refractivity contribution is 5.65. The Bertz CT molecular complexity index is 96.6. The summed E-state index contributed by atoms with van der Waals surface area (Å²) >= 11 is 0. The van der Waals surface area contributed by atoms with Gasteiger partial charge in [0.15, 0.2) is 5.03 Å². The first-order valence-corrected chi connectivity index (χ1v) is 1.70. The summed E-state index contributed by atoms with van der Waals surface area (Å²) < 4.78 is 0. The molecule has 0 unspecified atom stereocenters. The van der Waals surface area contributed by atoms with E-state index in [1.54, 1.807) is 0 Å². The average Bonchev–Trinajstić information content (AvgIpc) is 1.61. The van der Waals surface area contributed by atoms with Gasteiger partial charge in [-0.2, -0.15) is 0 Å². The molecule has 0 spiro atoms. The third kappa shape index (κ3) is 4.67. The van der Waals surface area contributed by atoms with Gasteiger partial charge in [0.05, 0.1) is 0 Å². The highest BCUT2D eigenvalue weighted by atomic mass is 16.8. The highest BCUT2D eigenvalue weighted by Gasteiger charge is 1.94. The molecule has 6 nitrogen and oxygen atoms in total. The minimum atomic E-state index is -0.971. The molecule has 0 amide bonds. The van der Waals surface area contributed by atoms with Crippen molar-refractivity contribution in [2.45, 2.75) is 6.92 Å². The molecule has 1 N–H and O–H groups in total. The molecule has 0 aliphatic rings. The summed E-state index contributed by atoms with van der Waals surface area (Å²) in [5.74, 6) is -0.748. The van der Waals surface area contributed by atoms with Gasteiger partial charge in [-0.3, -0.25) is 4.84 Å². The second-order valence-electron chi connectivity index (χ2n) is 0.942. The van der Waals surface area contributed by atoms with Crippen molar-refractivity contribution < 1.29 is 14.7 Å². The smallest absolute Gasteiger partial charge is 0.291 e. The molecule has 0 aliphatic carbocycles. The zero-order valence-electron chi connectivity index (χ0n) is 4.08. The minimum absolute atomic E-state index is 0.748. The SMILES string of the molecule is CC(=O)ON[N+](=O)[O-]. The van der Waals surface area contributed by atoms with E-state index in [0.29, 0.717) is 0 Å². The Morgan fingerprint density at radius 1 is 1.88 bits per heavy atom. The Hall–Kier alpha value is -1.33. The minimum Gasteiger partial charge on any atom is -0.291 e. The molecule has 0 rings (SSSR count). The van der Waals surface area contributed by atoms with E-state index in [4.69, 9.17) is 0 Å². The van der Waals surface area contributed by atoms with Crippen LogP contribution in [-0.4, -0.2) is 11.0 Å². The van der Waals surface area contributed by atoms with Gasteiger partial charge in [0.25, 0.3) is 0 Å². The van der Waals surface area contributed by atoms with Crippen LogP contribution < -0.4 is 5.59 Å². The van der Waals surface area contributed by atoms with Crippen LogP contribution in [0.2, 0.25) is 0 Å². The molecule has 0 aromatic carbocycles. The maximum absolute atomic E-state index is 9.76. The number of rotatable bonds is 2. The largest absolute Gasteiger partial charge is 0.335 e. The standard InChI is InChI=1S/C2H4N2O4/c1-2(5)8-3-4(6)7/h3H,1H3. The first-order chi connectivity index (χ1) is 3.63. The molecular weight excluding hydrogens is 116 g/mol. The van der Waals surface area contributed by atoms with Crippen LogP contribution >= 0.6 is 0 Å². The van der Waals surface area contributed by atoms with Crippen molar-refractivity contribution in [3.8, 4) is 0 Å². The summed E-state index contributed by atoms with van der Waals surface area (Å²) in [6.07, 6.45) is 0. The Kier molecular flexibility index (Phi) is 2.32. The normalized spacial score (nSPS) is 7.62. The summed E-state index contributed by atoms with van der Waals surface area (Å²) in [4.78, 5) is 22.8. The molecule has 0 saturated heterocycles. The third-order valence-corrected chi connectivity index (χ3v) is 0.264.